The van der Waals surface area contributed by atoms with Crippen LogP contribution in [-0.4, -0.2) is 39.6 Å². The molecule has 0 bridgehead atoms. The summed E-state index contributed by atoms with van der Waals surface area (Å²) < 4.78 is 7.10. The maximum atomic E-state index is 12.5. The van der Waals surface area contributed by atoms with E-state index in [0.717, 1.165) is 35.0 Å². The first-order valence-electron chi connectivity index (χ1n) is 8.92. The summed E-state index contributed by atoms with van der Waals surface area (Å²) in [5.41, 5.74) is 1.90. The molecule has 2 heterocycles. The summed E-state index contributed by atoms with van der Waals surface area (Å²) >= 11 is 1.75. The molecule has 0 aliphatic carbocycles. The van der Waals surface area contributed by atoms with Gasteiger partial charge in [0.1, 0.15) is 5.75 Å². The topological polar surface area (TPSA) is 68.5 Å². The van der Waals surface area contributed by atoms with Crippen LogP contribution in [0.15, 0.2) is 48.7 Å². The third-order valence-corrected chi connectivity index (χ3v) is 5.04. The number of nitrogens with one attached hydrogen (secondary N) is 1. The van der Waals surface area contributed by atoms with Crippen molar-refractivity contribution in [3.05, 3.63) is 60.0 Å². The summed E-state index contributed by atoms with van der Waals surface area (Å²) in [5, 5.41) is 11.7. The summed E-state index contributed by atoms with van der Waals surface area (Å²) in [6.07, 6.45) is 5.92. The Morgan fingerprint density at radius 1 is 1.22 bits per heavy atom. The van der Waals surface area contributed by atoms with E-state index in [1.54, 1.807) is 18.9 Å². The number of methoxy groups -OCH3 is 1. The minimum absolute atomic E-state index is 0.0182. The van der Waals surface area contributed by atoms with E-state index in [4.69, 9.17) is 4.74 Å². The van der Waals surface area contributed by atoms with Crippen LogP contribution in [0.3, 0.4) is 0 Å². The van der Waals surface area contributed by atoms with Crippen molar-refractivity contribution >= 4 is 23.3 Å². The van der Waals surface area contributed by atoms with Gasteiger partial charge in [0.05, 0.1) is 13.2 Å². The maximum absolute atomic E-state index is 12.5. The average molecular weight is 385 g/mol. The first-order valence-corrected chi connectivity index (χ1v) is 10.3. The van der Waals surface area contributed by atoms with Crippen LogP contribution in [-0.2, 0) is 11.2 Å². The second-order valence-electron chi connectivity index (χ2n) is 6.24. The number of aromatic nitrogens is 3. The zero-order valence-corrected chi connectivity index (χ0v) is 16.4. The number of benzene rings is 1. The number of pyridine rings is 1. The van der Waals surface area contributed by atoms with Crippen molar-refractivity contribution in [1.82, 2.24) is 19.9 Å². The lowest BCUT2D eigenvalue weighted by atomic mass is 10.1. The molecule has 1 amide bonds. The highest BCUT2D eigenvalue weighted by atomic mass is 32.2. The minimum atomic E-state index is -0.154. The molecule has 3 aromatic rings. The van der Waals surface area contributed by atoms with Crippen molar-refractivity contribution in [2.24, 2.45) is 0 Å². The van der Waals surface area contributed by atoms with Gasteiger partial charge in [0.2, 0.25) is 5.91 Å². The van der Waals surface area contributed by atoms with Crippen LogP contribution in [0.25, 0.3) is 5.65 Å². The van der Waals surface area contributed by atoms with E-state index in [0.29, 0.717) is 12.8 Å². The molecule has 0 saturated heterocycles. The number of nitrogens with zero attached hydrogens (tertiary/aromatic N) is 3. The molecule has 0 spiro atoms. The Bertz CT molecular complexity index is 879. The molecule has 0 aliphatic heterocycles. The Balaban J connectivity index is 1.65. The largest absolute Gasteiger partial charge is 0.497 e. The molecule has 0 radical (unpaired) electrons. The molecule has 7 heteroatoms. The molecule has 142 valence electrons. The lowest BCUT2D eigenvalue weighted by Gasteiger charge is -2.17. The van der Waals surface area contributed by atoms with Crippen LogP contribution >= 0.6 is 11.8 Å². The molecule has 0 fully saturated rings. The number of aryl methyl sites for hydroxylation is 1. The fraction of sp³-hybridized carbons (Fsp3) is 0.350. The van der Waals surface area contributed by atoms with E-state index in [-0.39, 0.29) is 11.9 Å². The van der Waals surface area contributed by atoms with Gasteiger partial charge in [-0.3, -0.25) is 9.20 Å². The third kappa shape index (κ3) is 5.01. The number of hydrogen-bond acceptors (Lipinski definition) is 5. The second kappa shape index (κ2) is 9.41. The number of thioether (sulfide) groups is 1. The molecule has 1 N–H and O–H groups in total. The first-order chi connectivity index (χ1) is 13.2. The summed E-state index contributed by atoms with van der Waals surface area (Å²) in [4.78, 5) is 12.5. The highest BCUT2D eigenvalue weighted by Gasteiger charge is 2.20. The third-order valence-electron chi connectivity index (χ3n) is 4.40. The van der Waals surface area contributed by atoms with Crippen molar-refractivity contribution in [3.63, 3.8) is 0 Å². The van der Waals surface area contributed by atoms with Crippen molar-refractivity contribution in [1.29, 1.82) is 0 Å². The zero-order chi connectivity index (χ0) is 19.1. The van der Waals surface area contributed by atoms with Crippen LogP contribution in [0.4, 0.5) is 0 Å². The highest BCUT2D eigenvalue weighted by Crippen LogP contribution is 2.19. The maximum Gasteiger partial charge on any atom is 0.220 e. The van der Waals surface area contributed by atoms with Gasteiger partial charge >= 0.3 is 0 Å². The van der Waals surface area contributed by atoms with Gasteiger partial charge in [-0.15, -0.1) is 10.2 Å². The predicted molar refractivity (Wildman–Crippen MR) is 108 cm³/mol. The number of fused-ring (bicyclic) bond motifs is 1. The SMILES string of the molecule is COc1ccc(CCC(=O)NC(CCSC)c2nnc3ccccn23)cc1. The van der Waals surface area contributed by atoms with Crippen LogP contribution < -0.4 is 10.1 Å². The number of carbonyl (C=O) groups is 1. The summed E-state index contributed by atoms with van der Waals surface area (Å²) in [6, 6.07) is 13.4. The first kappa shape index (κ1) is 19.2. The molecule has 0 saturated carbocycles. The van der Waals surface area contributed by atoms with Gasteiger partial charge in [-0.25, -0.2) is 0 Å². The van der Waals surface area contributed by atoms with Crippen molar-refractivity contribution < 1.29 is 9.53 Å². The fourth-order valence-corrected chi connectivity index (χ4v) is 3.39. The van der Waals surface area contributed by atoms with E-state index in [1.165, 1.54) is 0 Å². The van der Waals surface area contributed by atoms with Gasteiger partial charge in [-0.1, -0.05) is 18.2 Å². The molecular weight excluding hydrogens is 360 g/mol. The number of rotatable bonds is 9. The van der Waals surface area contributed by atoms with E-state index in [1.807, 2.05) is 53.1 Å². The molecule has 3 rings (SSSR count). The summed E-state index contributed by atoms with van der Waals surface area (Å²) in [5.74, 6) is 2.55. The van der Waals surface area contributed by atoms with E-state index < -0.39 is 0 Å². The number of amides is 1. The van der Waals surface area contributed by atoms with E-state index in [9.17, 15) is 4.79 Å². The lowest BCUT2D eigenvalue weighted by Crippen LogP contribution is -2.30. The lowest BCUT2D eigenvalue weighted by molar-refractivity contribution is -0.121. The van der Waals surface area contributed by atoms with Crippen LogP contribution in [0.2, 0.25) is 0 Å². The monoisotopic (exact) mass is 384 g/mol. The molecule has 6 nitrogen and oxygen atoms in total. The predicted octanol–water partition coefficient (Wildman–Crippen LogP) is 3.28. The second-order valence-corrected chi connectivity index (χ2v) is 7.22. The smallest absolute Gasteiger partial charge is 0.220 e. The Labute approximate surface area is 163 Å². The zero-order valence-electron chi connectivity index (χ0n) is 15.6. The number of carbonyl (C=O) groups excluding carboxylic acids is 1. The molecule has 1 atom stereocenters. The van der Waals surface area contributed by atoms with Gasteiger partial charge in [-0.05, 0) is 54.7 Å². The Kier molecular flexibility index (Phi) is 6.70. The van der Waals surface area contributed by atoms with E-state index in [2.05, 4.69) is 21.8 Å². The van der Waals surface area contributed by atoms with Gasteiger partial charge in [0, 0.05) is 12.6 Å². The standard InChI is InChI=1S/C20H24N4O2S/c1-26-16-9-6-15(7-10-16)8-11-19(25)21-17(12-14-27-2)20-23-22-18-5-3-4-13-24(18)20/h3-7,9-10,13,17H,8,11-12,14H2,1-2H3,(H,21,25). The molecule has 1 unspecified atom stereocenters. The molecule has 27 heavy (non-hydrogen) atoms. The van der Waals surface area contributed by atoms with E-state index >= 15 is 0 Å². The summed E-state index contributed by atoms with van der Waals surface area (Å²) in [7, 11) is 1.64. The van der Waals surface area contributed by atoms with Gasteiger partial charge in [0.25, 0.3) is 0 Å². The summed E-state index contributed by atoms with van der Waals surface area (Å²) in [6.45, 7) is 0. The Morgan fingerprint density at radius 2 is 2.04 bits per heavy atom. The average Bonchev–Trinajstić information content (AvgIpc) is 3.14. The fourth-order valence-electron chi connectivity index (χ4n) is 2.92. The highest BCUT2D eigenvalue weighted by molar-refractivity contribution is 7.98. The van der Waals surface area contributed by atoms with Crippen molar-refractivity contribution in [3.8, 4) is 5.75 Å². The number of ether oxygens (including phenoxy) is 1. The van der Waals surface area contributed by atoms with Crippen molar-refractivity contribution in [2.75, 3.05) is 19.1 Å². The van der Waals surface area contributed by atoms with Gasteiger partial charge in [-0.2, -0.15) is 11.8 Å². The molecule has 0 aliphatic rings. The van der Waals surface area contributed by atoms with Crippen LogP contribution in [0, 0.1) is 0 Å². The Morgan fingerprint density at radius 3 is 2.78 bits per heavy atom. The molecular formula is C20H24N4O2S. The molecule has 2 aromatic heterocycles. The molecule has 1 aromatic carbocycles. The quantitative estimate of drug-likeness (QED) is 0.613. The van der Waals surface area contributed by atoms with Crippen LogP contribution in [0.1, 0.15) is 30.3 Å². The minimum Gasteiger partial charge on any atom is -0.497 e. The number of hydrogen-bond donors (Lipinski definition) is 1. The van der Waals surface area contributed by atoms with Gasteiger partial charge in [0.15, 0.2) is 11.5 Å². The van der Waals surface area contributed by atoms with Crippen molar-refractivity contribution in [2.45, 2.75) is 25.3 Å². The normalized spacial score (nSPS) is 12.1. The van der Waals surface area contributed by atoms with Gasteiger partial charge < -0.3 is 10.1 Å². The van der Waals surface area contributed by atoms with Crippen LogP contribution in [0.5, 0.6) is 5.75 Å². The Hall–Kier alpha value is -2.54.